The third-order valence-corrected chi connectivity index (χ3v) is 3.38. The molecule has 0 aliphatic rings. The average Bonchev–Trinajstić information content (AvgIpc) is 3.14. The molecule has 0 atom stereocenters. The summed E-state index contributed by atoms with van der Waals surface area (Å²) in [6.45, 7) is 0. The van der Waals surface area contributed by atoms with Crippen molar-refractivity contribution >= 4 is 56.1 Å². The van der Waals surface area contributed by atoms with Gasteiger partial charge in [-0.25, -0.2) is 10.9 Å². The molecule has 0 aromatic carbocycles. The van der Waals surface area contributed by atoms with Gasteiger partial charge in [-0.05, 0) is 56.1 Å². The maximum Gasteiger partial charge on any atom is 0.240 e. The van der Waals surface area contributed by atoms with E-state index in [0.717, 1.165) is 0 Å². The van der Waals surface area contributed by atoms with Crippen molar-refractivity contribution in [3.05, 3.63) is 45.1 Å². The molecule has 0 saturated heterocycles. The molecule has 2 amide bonds. The molecule has 2 heterocycles. The van der Waals surface area contributed by atoms with Gasteiger partial charge in [0.25, 0.3) is 0 Å². The number of nitrogens with zero attached hydrogens (tertiary/aromatic N) is 2. The van der Waals surface area contributed by atoms with E-state index in [-0.39, 0.29) is 12.8 Å². The van der Waals surface area contributed by atoms with Crippen molar-refractivity contribution in [1.29, 1.82) is 0 Å². The van der Waals surface area contributed by atoms with Crippen molar-refractivity contribution in [3.8, 4) is 0 Å². The van der Waals surface area contributed by atoms with Crippen molar-refractivity contribution in [1.82, 2.24) is 10.9 Å². The van der Waals surface area contributed by atoms with Crippen molar-refractivity contribution in [2.45, 2.75) is 12.8 Å². The summed E-state index contributed by atoms with van der Waals surface area (Å²) in [6.07, 6.45) is 2.67. The first-order valence-electron chi connectivity index (χ1n) is 6.67. The number of hydrogen-bond acceptors (Lipinski definition) is 6. The molecule has 2 aromatic heterocycles. The zero-order chi connectivity index (χ0) is 17.4. The Morgan fingerprint density at radius 2 is 1.29 bits per heavy atom. The Bertz CT molecular complexity index is 702. The highest BCUT2D eigenvalue weighted by Crippen LogP contribution is 2.12. The normalized spacial score (nSPS) is 11.2. The second-order valence-corrected chi connectivity index (χ2v) is 5.93. The second kappa shape index (κ2) is 9.18. The summed E-state index contributed by atoms with van der Waals surface area (Å²) in [5, 5.41) is 7.44. The van der Waals surface area contributed by atoms with Gasteiger partial charge in [0.1, 0.15) is 11.5 Å². The number of halogens is 2. The Hall–Kier alpha value is -2.20. The van der Waals surface area contributed by atoms with Crippen LogP contribution in [0.15, 0.2) is 52.6 Å². The van der Waals surface area contributed by atoms with Crippen LogP contribution in [0, 0.1) is 0 Å². The lowest BCUT2D eigenvalue weighted by Gasteiger charge is -1.99. The van der Waals surface area contributed by atoms with Crippen LogP contribution in [0.5, 0.6) is 0 Å². The summed E-state index contributed by atoms with van der Waals surface area (Å²) in [5.41, 5.74) is 4.59. The van der Waals surface area contributed by atoms with Gasteiger partial charge in [-0.15, -0.1) is 0 Å². The summed E-state index contributed by atoms with van der Waals surface area (Å²) < 4.78 is 11.5. The molecule has 0 spiro atoms. The van der Waals surface area contributed by atoms with Crippen LogP contribution in [-0.2, 0) is 9.59 Å². The minimum absolute atomic E-state index is 0.0210. The third kappa shape index (κ3) is 6.50. The van der Waals surface area contributed by atoms with Gasteiger partial charge in [-0.1, -0.05) is 0 Å². The molecule has 0 fully saturated rings. The lowest BCUT2D eigenvalue weighted by atomic mass is 10.3. The number of carbonyl (C=O) groups excluding carboxylic acids is 2. The monoisotopic (exact) mass is 458 g/mol. The molecular weight excluding hydrogens is 448 g/mol. The maximum atomic E-state index is 11.5. The first-order valence-corrected chi connectivity index (χ1v) is 8.26. The van der Waals surface area contributed by atoms with E-state index in [1.54, 1.807) is 24.3 Å². The molecule has 2 N–H and O–H groups in total. The lowest BCUT2D eigenvalue weighted by molar-refractivity contribution is -0.126. The molecule has 2 aromatic rings. The molecule has 0 aliphatic carbocycles. The predicted molar refractivity (Wildman–Crippen MR) is 93.5 cm³/mol. The Labute approximate surface area is 153 Å². The van der Waals surface area contributed by atoms with E-state index in [1.807, 2.05) is 0 Å². The number of hydrazone groups is 2. The molecule has 0 radical (unpaired) electrons. The molecule has 0 aliphatic heterocycles. The van der Waals surface area contributed by atoms with Crippen LogP contribution in [0.3, 0.4) is 0 Å². The number of amides is 2. The Morgan fingerprint density at radius 1 is 0.875 bits per heavy atom. The minimum atomic E-state index is -0.397. The highest BCUT2D eigenvalue weighted by atomic mass is 79.9. The van der Waals surface area contributed by atoms with Gasteiger partial charge in [0.15, 0.2) is 9.34 Å². The minimum Gasteiger partial charge on any atom is -0.448 e. The van der Waals surface area contributed by atoms with Gasteiger partial charge in [-0.3, -0.25) is 9.59 Å². The number of carbonyl (C=O) groups is 2. The highest BCUT2D eigenvalue weighted by molar-refractivity contribution is 9.10. The van der Waals surface area contributed by atoms with Crippen LogP contribution in [0.1, 0.15) is 24.4 Å². The summed E-state index contributed by atoms with van der Waals surface area (Å²) in [7, 11) is 0. The van der Waals surface area contributed by atoms with E-state index >= 15 is 0 Å². The molecule has 0 unspecified atom stereocenters. The zero-order valence-corrected chi connectivity index (χ0v) is 15.3. The van der Waals surface area contributed by atoms with Gasteiger partial charge in [0.2, 0.25) is 11.8 Å². The molecule has 0 bridgehead atoms. The Morgan fingerprint density at radius 3 is 1.62 bits per heavy atom. The van der Waals surface area contributed by atoms with Crippen molar-refractivity contribution in [2.75, 3.05) is 0 Å². The van der Waals surface area contributed by atoms with Crippen LogP contribution in [0.2, 0.25) is 0 Å². The fraction of sp³-hybridized carbons (Fsp3) is 0.143. The first kappa shape index (κ1) is 18.1. The molecule has 24 heavy (non-hydrogen) atoms. The maximum absolute atomic E-state index is 11.5. The average molecular weight is 460 g/mol. The molecule has 8 nitrogen and oxygen atoms in total. The van der Waals surface area contributed by atoms with Crippen molar-refractivity contribution < 1.29 is 18.4 Å². The predicted octanol–water partition coefficient (Wildman–Crippen LogP) is 2.78. The molecular formula is C14H12Br2N4O4. The Balaban J connectivity index is 1.64. The standard InChI is InChI=1S/C14H12Br2N4O4/c15-11-3-1-9(23-11)7-17-19-13(21)5-6-14(22)20-18-8-10-2-4-12(16)24-10/h1-4,7-8H,5-6H2,(H,19,21)(H,20,22)/b17-7+,18-8+. The van der Waals surface area contributed by atoms with E-state index in [1.165, 1.54) is 12.4 Å². The van der Waals surface area contributed by atoms with Crippen LogP contribution in [0.4, 0.5) is 0 Å². The second-order valence-electron chi connectivity index (χ2n) is 4.37. The number of furan rings is 2. The van der Waals surface area contributed by atoms with E-state index in [2.05, 4.69) is 52.9 Å². The van der Waals surface area contributed by atoms with Gasteiger partial charge in [0, 0.05) is 12.8 Å². The smallest absolute Gasteiger partial charge is 0.240 e. The van der Waals surface area contributed by atoms with Gasteiger partial charge in [0.05, 0.1) is 12.4 Å². The fourth-order valence-corrected chi connectivity index (χ4v) is 2.11. The summed E-state index contributed by atoms with van der Waals surface area (Å²) >= 11 is 6.30. The van der Waals surface area contributed by atoms with Crippen LogP contribution < -0.4 is 10.9 Å². The summed E-state index contributed by atoms with van der Waals surface area (Å²) in [4.78, 5) is 23.1. The topological polar surface area (TPSA) is 109 Å². The van der Waals surface area contributed by atoms with Crippen LogP contribution >= 0.6 is 31.9 Å². The molecule has 2 rings (SSSR count). The highest BCUT2D eigenvalue weighted by Gasteiger charge is 2.05. The lowest BCUT2D eigenvalue weighted by Crippen LogP contribution is -2.22. The van der Waals surface area contributed by atoms with E-state index < -0.39 is 11.8 Å². The van der Waals surface area contributed by atoms with E-state index in [9.17, 15) is 9.59 Å². The summed E-state index contributed by atoms with van der Waals surface area (Å²) in [6, 6.07) is 6.77. The fourth-order valence-electron chi connectivity index (χ4n) is 1.47. The quantitative estimate of drug-likeness (QED) is 0.490. The largest absolute Gasteiger partial charge is 0.448 e. The molecule has 10 heteroatoms. The first-order chi connectivity index (χ1) is 11.5. The summed E-state index contributed by atoms with van der Waals surface area (Å²) in [5.74, 6) is 0.176. The number of nitrogens with one attached hydrogen (secondary N) is 2. The van der Waals surface area contributed by atoms with Crippen molar-refractivity contribution in [2.24, 2.45) is 10.2 Å². The third-order valence-electron chi connectivity index (χ3n) is 2.53. The molecule has 126 valence electrons. The van der Waals surface area contributed by atoms with Crippen LogP contribution in [-0.4, -0.2) is 24.2 Å². The van der Waals surface area contributed by atoms with Crippen molar-refractivity contribution in [3.63, 3.8) is 0 Å². The van der Waals surface area contributed by atoms with E-state index in [0.29, 0.717) is 20.9 Å². The van der Waals surface area contributed by atoms with Crippen LogP contribution in [0.25, 0.3) is 0 Å². The zero-order valence-electron chi connectivity index (χ0n) is 12.2. The van der Waals surface area contributed by atoms with Gasteiger partial charge >= 0.3 is 0 Å². The Kier molecular flexibility index (Phi) is 6.94. The SMILES string of the molecule is O=C(CCC(=O)N/N=C/c1ccc(Br)o1)N/N=C/c1ccc(Br)o1. The van der Waals surface area contributed by atoms with Gasteiger partial charge in [-0.2, -0.15) is 10.2 Å². The van der Waals surface area contributed by atoms with Gasteiger partial charge < -0.3 is 8.83 Å². The van der Waals surface area contributed by atoms with E-state index in [4.69, 9.17) is 8.83 Å². The number of rotatable bonds is 7. The number of hydrogen-bond donors (Lipinski definition) is 2. The molecule has 0 saturated carbocycles.